The number of rotatable bonds is 3. The van der Waals surface area contributed by atoms with Gasteiger partial charge < -0.3 is 24.8 Å². The van der Waals surface area contributed by atoms with Crippen LogP contribution in [0, 0.1) is 5.92 Å². The highest BCUT2D eigenvalue weighted by atomic mass is 16.7. The molecule has 0 aromatic rings. The summed E-state index contributed by atoms with van der Waals surface area (Å²) >= 11 is 0. The van der Waals surface area contributed by atoms with Gasteiger partial charge in [0.25, 0.3) is 0 Å². The molecular formula is C26H44O5. The van der Waals surface area contributed by atoms with Crippen LogP contribution in [0.5, 0.6) is 0 Å². The van der Waals surface area contributed by atoms with Crippen molar-refractivity contribution in [2.24, 2.45) is 5.92 Å². The van der Waals surface area contributed by atoms with Crippen molar-refractivity contribution in [3.63, 3.8) is 0 Å². The highest BCUT2D eigenvalue weighted by Gasteiger charge is 2.45. The van der Waals surface area contributed by atoms with Crippen LogP contribution in [-0.4, -0.2) is 51.6 Å². The van der Waals surface area contributed by atoms with Gasteiger partial charge in [-0.15, -0.1) is 0 Å². The van der Waals surface area contributed by atoms with E-state index in [2.05, 4.69) is 39.0 Å². The molecule has 0 saturated carbocycles. The Kier molecular flexibility index (Phi) is 9.97. The fraction of sp³-hybridized carbons (Fsp3) is 0.769. The Morgan fingerprint density at radius 2 is 1.39 bits per heavy atom. The molecule has 6 atom stereocenters. The molecule has 0 aromatic heterocycles. The van der Waals surface area contributed by atoms with Crippen LogP contribution in [0.2, 0.25) is 0 Å². The maximum atomic E-state index is 10.4. The maximum Gasteiger partial charge on any atom is 0.187 e. The highest BCUT2D eigenvalue weighted by molar-refractivity contribution is 5.08. The first-order valence-electron chi connectivity index (χ1n) is 11.9. The molecule has 1 heterocycles. The van der Waals surface area contributed by atoms with Gasteiger partial charge in [-0.25, -0.2) is 0 Å². The minimum atomic E-state index is -1.28. The first-order chi connectivity index (χ1) is 14.5. The second kappa shape index (κ2) is 11.8. The van der Waals surface area contributed by atoms with E-state index in [-0.39, 0.29) is 5.92 Å². The molecule has 1 aliphatic carbocycles. The number of hydrogen-bond acceptors (Lipinski definition) is 5. The van der Waals surface area contributed by atoms with Gasteiger partial charge in [-0.1, -0.05) is 34.9 Å². The Balaban J connectivity index is 2.16. The molecule has 31 heavy (non-hydrogen) atoms. The quantitative estimate of drug-likeness (QED) is 0.554. The van der Waals surface area contributed by atoms with E-state index in [1.165, 1.54) is 16.7 Å². The number of hydrogen-bond donors (Lipinski definition) is 3. The lowest BCUT2D eigenvalue weighted by Crippen LogP contribution is -2.59. The molecule has 0 amide bonds. The Labute approximate surface area is 188 Å². The van der Waals surface area contributed by atoms with E-state index in [1.54, 1.807) is 6.92 Å². The van der Waals surface area contributed by atoms with Crippen molar-refractivity contribution in [2.45, 2.75) is 123 Å². The molecule has 2 aliphatic rings. The molecule has 3 N–H and O–H groups in total. The van der Waals surface area contributed by atoms with Crippen molar-refractivity contribution < 1.29 is 24.8 Å². The molecule has 1 aliphatic heterocycles. The van der Waals surface area contributed by atoms with Crippen LogP contribution in [0.1, 0.15) is 86.5 Å². The van der Waals surface area contributed by atoms with E-state index >= 15 is 0 Å². The second-order valence-corrected chi connectivity index (χ2v) is 10.1. The normalized spacial score (nSPS) is 34.9. The summed E-state index contributed by atoms with van der Waals surface area (Å²) in [5, 5.41) is 30.5. The van der Waals surface area contributed by atoms with Crippen molar-refractivity contribution in [3.05, 3.63) is 34.9 Å². The van der Waals surface area contributed by atoms with Crippen molar-refractivity contribution in [1.29, 1.82) is 0 Å². The Morgan fingerprint density at radius 3 is 2.00 bits per heavy atom. The molecule has 1 fully saturated rings. The van der Waals surface area contributed by atoms with Crippen molar-refractivity contribution >= 4 is 0 Å². The summed E-state index contributed by atoms with van der Waals surface area (Å²) in [6.07, 6.45) is 8.96. The fourth-order valence-corrected chi connectivity index (χ4v) is 4.40. The van der Waals surface area contributed by atoms with Crippen LogP contribution in [0.25, 0.3) is 0 Å². The Bertz CT molecular complexity index is 663. The van der Waals surface area contributed by atoms with Crippen LogP contribution in [-0.2, 0) is 9.47 Å². The largest absolute Gasteiger partial charge is 0.388 e. The maximum absolute atomic E-state index is 10.4. The van der Waals surface area contributed by atoms with Crippen LogP contribution in [0.4, 0.5) is 0 Å². The lowest BCUT2D eigenvalue weighted by Gasteiger charge is -2.44. The first kappa shape index (κ1) is 26.3. The van der Waals surface area contributed by atoms with Crippen molar-refractivity contribution in [3.8, 4) is 0 Å². The number of aliphatic hydroxyl groups is 3. The number of ether oxygens (including phenoxy) is 2. The van der Waals surface area contributed by atoms with E-state index in [0.29, 0.717) is 0 Å². The lowest BCUT2D eigenvalue weighted by molar-refractivity contribution is -0.322. The highest BCUT2D eigenvalue weighted by Crippen LogP contribution is 2.35. The molecule has 5 heteroatoms. The topological polar surface area (TPSA) is 79.2 Å². The summed E-state index contributed by atoms with van der Waals surface area (Å²) in [7, 11) is 0. The third-order valence-corrected chi connectivity index (χ3v) is 6.91. The average molecular weight is 437 g/mol. The van der Waals surface area contributed by atoms with Gasteiger partial charge in [0.2, 0.25) is 0 Å². The van der Waals surface area contributed by atoms with Gasteiger partial charge in [0.15, 0.2) is 6.29 Å². The van der Waals surface area contributed by atoms with Gasteiger partial charge in [0, 0.05) is 0 Å². The smallest absolute Gasteiger partial charge is 0.187 e. The molecule has 5 nitrogen and oxygen atoms in total. The molecule has 2 rings (SSSR count). The molecule has 1 saturated heterocycles. The van der Waals surface area contributed by atoms with Gasteiger partial charge in [0.05, 0.1) is 11.7 Å². The van der Waals surface area contributed by atoms with Gasteiger partial charge in [-0.2, -0.15) is 0 Å². The monoisotopic (exact) mass is 436 g/mol. The summed E-state index contributed by atoms with van der Waals surface area (Å²) in [4.78, 5) is 0. The zero-order valence-electron chi connectivity index (χ0n) is 20.3. The third kappa shape index (κ3) is 7.83. The average Bonchev–Trinajstić information content (AvgIpc) is 2.69. The third-order valence-electron chi connectivity index (χ3n) is 6.91. The van der Waals surface area contributed by atoms with Crippen molar-refractivity contribution in [1.82, 2.24) is 0 Å². The van der Waals surface area contributed by atoms with Crippen LogP contribution < -0.4 is 0 Å². The predicted molar refractivity (Wildman–Crippen MR) is 125 cm³/mol. The van der Waals surface area contributed by atoms with E-state index in [9.17, 15) is 15.3 Å². The van der Waals surface area contributed by atoms with Crippen LogP contribution in [0.3, 0.4) is 0 Å². The number of allylic oxidation sites excluding steroid dienone is 6. The summed E-state index contributed by atoms with van der Waals surface area (Å²) < 4.78 is 12.0. The van der Waals surface area contributed by atoms with Gasteiger partial charge in [-0.3, -0.25) is 0 Å². The molecule has 0 bridgehead atoms. The minimum absolute atomic E-state index is 0.223. The molecular weight excluding hydrogens is 392 g/mol. The summed E-state index contributed by atoms with van der Waals surface area (Å²) in [6.45, 7) is 12.4. The zero-order valence-corrected chi connectivity index (χ0v) is 20.3. The standard InChI is InChI=1S/C26H44O5/c1-17-9-7-11-18(2)13-15-21(16-14-19(3)12-8-10-17)26(5,6)31-25-24(29)23(28)22(27)20(4)30-25/h9,12-13,20-25,27-29H,7-8,10-11,14-16H2,1-6H3/t20-,21-,22-,23+,24-,25+/m1/s1. The predicted octanol–water partition coefficient (Wildman–Crippen LogP) is 4.81. The Morgan fingerprint density at radius 1 is 0.839 bits per heavy atom. The summed E-state index contributed by atoms with van der Waals surface area (Å²) in [6, 6.07) is 0. The van der Waals surface area contributed by atoms with Crippen LogP contribution in [0.15, 0.2) is 34.9 Å². The van der Waals surface area contributed by atoms with E-state index in [1.807, 2.05) is 13.8 Å². The second-order valence-electron chi connectivity index (χ2n) is 10.1. The fourth-order valence-electron chi connectivity index (χ4n) is 4.40. The molecule has 0 radical (unpaired) electrons. The Hall–Kier alpha value is -0.980. The van der Waals surface area contributed by atoms with E-state index in [0.717, 1.165) is 44.9 Å². The van der Waals surface area contributed by atoms with Crippen molar-refractivity contribution in [2.75, 3.05) is 0 Å². The summed E-state index contributed by atoms with van der Waals surface area (Å²) in [5.74, 6) is 0.223. The van der Waals surface area contributed by atoms with Gasteiger partial charge in [0.1, 0.15) is 18.3 Å². The minimum Gasteiger partial charge on any atom is -0.388 e. The van der Waals surface area contributed by atoms with E-state index in [4.69, 9.17) is 9.47 Å². The molecule has 178 valence electrons. The lowest BCUT2D eigenvalue weighted by atomic mass is 9.82. The first-order valence-corrected chi connectivity index (χ1v) is 11.9. The summed E-state index contributed by atoms with van der Waals surface area (Å²) in [5.41, 5.74) is 3.68. The van der Waals surface area contributed by atoms with E-state index < -0.39 is 36.3 Å². The SMILES string of the molecule is CC1=CCCC(C)=CC[C@@H](C(C)(C)O[C@@H]2O[C@H](C)[C@@H](O)[C@H](O)[C@H]2O)CCC(C)=CCC1. The van der Waals surface area contributed by atoms with Gasteiger partial charge >= 0.3 is 0 Å². The zero-order chi connectivity index (χ0) is 23.2. The number of aliphatic hydroxyl groups excluding tert-OH is 3. The van der Waals surface area contributed by atoms with Gasteiger partial charge in [-0.05, 0) is 92.4 Å². The van der Waals surface area contributed by atoms with Crippen LogP contribution >= 0.6 is 0 Å². The molecule has 0 spiro atoms. The molecule has 0 aromatic carbocycles. The molecule has 0 unspecified atom stereocenters.